The van der Waals surface area contributed by atoms with E-state index in [1.807, 2.05) is 0 Å². The van der Waals surface area contributed by atoms with E-state index in [0.717, 1.165) is 12.1 Å². The number of rotatable bonds is 2. The molecule has 0 heterocycles. The molecule has 16 heavy (non-hydrogen) atoms. The van der Waals surface area contributed by atoms with Crippen LogP contribution < -0.4 is 0 Å². The molecule has 0 saturated carbocycles. The number of alkyl halides is 4. The molecule has 88 valence electrons. The Kier molecular flexibility index (Phi) is 4.42. The van der Waals surface area contributed by atoms with E-state index in [1.54, 1.807) is 0 Å². The van der Waals surface area contributed by atoms with Gasteiger partial charge in [-0.2, -0.15) is 13.2 Å². The van der Waals surface area contributed by atoms with Crippen molar-refractivity contribution < 1.29 is 18.0 Å². The molecule has 1 rings (SSSR count). The average Bonchev–Trinajstić information content (AvgIpc) is 2.18. The Morgan fingerprint density at radius 3 is 2.38 bits per heavy atom. The Balaban J connectivity index is 3.33. The van der Waals surface area contributed by atoms with Crippen LogP contribution in [0.25, 0.3) is 0 Å². The van der Waals surface area contributed by atoms with Gasteiger partial charge in [0.1, 0.15) is 0 Å². The van der Waals surface area contributed by atoms with E-state index in [4.69, 9.17) is 11.6 Å². The molecule has 0 saturated heterocycles. The third kappa shape index (κ3) is 2.99. The summed E-state index contributed by atoms with van der Waals surface area (Å²) in [5.74, 6) is -0.345. The Bertz CT molecular complexity index is 431. The number of carbonyl (C=O) groups is 1. The highest BCUT2D eigenvalue weighted by Crippen LogP contribution is 2.37. The van der Waals surface area contributed by atoms with Crippen molar-refractivity contribution in [2.24, 2.45) is 0 Å². The molecule has 1 aromatic carbocycles. The van der Waals surface area contributed by atoms with Crippen LogP contribution in [0.1, 0.15) is 15.9 Å². The normalized spacial score (nSPS) is 11.6. The summed E-state index contributed by atoms with van der Waals surface area (Å²) in [5.41, 5.74) is -0.845. The van der Waals surface area contributed by atoms with Crippen LogP contribution in [0.5, 0.6) is 0 Å². The number of carbonyl (C=O) groups excluding carboxylic acids is 1. The van der Waals surface area contributed by atoms with Crippen LogP contribution in [0, 0.1) is 0 Å². The van der Waals surface area contributed by atoms with Crippen LogP contribution in [0.3, 0.4) is 0 Å². The molecule has 0 spiro atoms. The van der Waals surface area contributed by atoms with Gasteiger partial charge in [-0.15, -0.1) is 0 Å². The van der Waals surface area contributed by atoms with Crippen molar-refractivity contribution in [2.75, 3.05) is 5.33 Å². The van der Waals surface area contributed by atoms with E-state index in [1.165, 1.54) is 0 Å². The average molecular weight is 380 g/mol. The lowest BCUT2D eigenvalue weighted by atomic mass is 10.1. The fourth-order valence-electron chi connectivity index (χ4n) is 1.05. The highest BCUT2D eigenvalue weighted by Gasteiger charge is 2.34. The Labute approximate surface area is 111 Å². The summed E-state index contributed by atoms with van der Waals surface area (Å²) in [7, 11) is 0. The van der Waals surface area contributed by atoms with Gasteiger partial charge in [0.15, 0.2) is 5.78 Å². The van der Waals surface area contributed by atoms with Gasteiger partial charge in [0.2, 0.25) is 0 Å². The van der Waals surface area contributed by atoms with E-state index < -0.39 is 16.8 Å². The first-order valence-corrected chi connectivity index (χ1v) is 6.22. The van der Waals surface area contributed by atoms with Crippen LogP contribution in [0.2, 0.25) is 5.02 Å². The maximum atomic E-state index is 12.4. The molecule has 0 aromatic heterocycles. The first-order chi connectivity index (χ1) is 7.27. The van der Waals surface area contributed by atoms with Crippen LogP contribution in [-0.2, 0) is 6.18 Å². The van der Waals surface area contributed by atoms with E-state index in [2.05, 4.69) is 31.9 Å². The van der Waals surface area contributed by atoms with Crippen LogP contribution in [0.15, 0.2) is 16.6 Å². The lowest BCUT2D eigenvalue weighted by Crippen LogP contribution is -2.09. The molecule has 0 N–H and O–H groups in total. The number of hydrogen-bond donors (Lipinski definition) is 0. The van der Waals surface area contributed by atoms with Gasteiger partial charge < -0.3 is 0 Å². The van der Waals surface area contributed by atoms with Crippen molar-refractivity contribution in [1.82, 2.24) is 0 Å². The molecule has 0 bridgehead atoms. The molecule has 0 amide bonds. The second kappa shape index (κ2) is 5.06. The molecule has 0 fully saturated rings. The molecule has 0 aliphatic rings. The Hall–Kier alpha value is -0.0700. The van der Waals surface area contributed by atoms with Gasteiger partial charge in [-0.3, -0.25) is 4.79 Å². The molecule has 0 aliphatic heterocycles. The second-order valence-electron chi connectivity index (χ2n) is 2.87. The van der Waals surface area contributed by atoms with Crippen LogP contribution in [-0.4, -0.2) is 11.1 Å². The third-order valence-electron chi connectivity index (χ3n) is 1.78. The zero-order chi connectivity index (χ0) is 12.5. The van der Waals surface area contributed by atoms with E-state index in [9.17, 15) is 18.0 Å². The molecule has 0 radical (unpaired) electrons. The van der Waals surface area contributed by atoms with Crippen molar-refractivity contribution >= 4 is 49.2 Å². The molecule has 7 heteroatoms. The number of ketones is 1. The van der Waals surface area contributed by atoms with Crippen molar-refractivity contribution in [3.63, 3.8) is 0 Å². The maximum absolute atomic E-state index is 12.4. The largest absolute Gasteiger partial charge is 0.417 e. The molecule has 0 aliphatic carbocycles. The Morgan fingerprint density at radius 2 is 1.94 bits per heavy atom. The van der Waals surface area contributed by atoms with Gasteiger partial charge in [-0.25, -0.2) is 0 Å². The molecule has 0 atom stereocenters. The van der Waals surface area contributed by atoms with Gasteiger partial charge in [0.25, 0.3) is 0 Å². The van der Waals surface area contributed by atoms with Crippen LogP contribution in [0.4, 0.5) is 13.2 Å². The first kappa shape index (κ1) is 14.0. The second-order valence-corrected chi connectivity index (χ2v) is 4.69. The predicted molar refractivity (Wildman–Crippen MR) is 62.3 cm³/mol. The van der Waals surface area contributed by atoms with Gasteiger partial charge in [-0.1, -0.05) is 43.5 Å². The Morgan fingerprint density at radius 1 is 1.38 bits per heavy atom. The topological polar surface area (TPSA) is 17.1 Å². The standard InChI is InChI=1S/C9H4Br2ClF3O/c10-3-8(16)4-1-7(12)5(2-6(4)11)9(13,14)15/h1-2H,3H2. The van der Waals surface area contributed by atoms with Gasteiger partial charge >= 0.3 is 6.18 Å². The molecular formula is C9H4Br2ClF3O. The fourth-order valence-corrected chi connectivity index (χ4v) is 2.19. The highest BCUT2D eigenvalue weighted by atomic mass is 79.9. The summed E-state index contributed by atoms with van der Waals surface area (Å²) in [6.07, 6.45) is -4.53. The summed E-state index contributed by atoms with van der Waals surface area (Å²) in [4.78, 5) is 11.3. The van der Waals surface area contributed by atoms with Crippen molar-refractivity contribution in [3.05, 3.63) is 32.8 Å². The van der Waals surface area contributed by atoms with Gasteiger partial charge in [0.05, 0.1) is 15.9 Å². The van der Waals surface area contributed by atoms with E-state index >= 15 is 0 Å². The maximum Gasteiger partial charge on any atom is 0.417 e. The molecule has 0 unspecified atom stereocenters. The van der Waals surface area contributed by atoms with Crippen molar-refractivity contribution in [2.45, 2.75) is 6.18 Å². The smallest absolute Gasteiger partial charge is 0.293 e. The molecular weight excluding hydrogens is 376 g/mol. The number of hydrogen-bond acceptors (Lipinski definition) is 1. The number of benzene rings is 1. The fraction of sp³-hybridized carbons (Fsp3) is 0.222. The zero-order valence-corrected chi connectivity index (χ0v) is 11.5. The summed E-state index contributed by atoms with van der Waals surface area (Å²) in [5, 5.41) is -0.465. The minimum atomic E-state index is -4.53. The van der Waals surface area contributed by atoms with E-state index in [0.29, 0.717) is 0 Å². The summed E-state index contributed by atoms with van der Waals surface area (Å²) in [6.45, 7) is 0. The predicted octanol–water partition coefficient (Wildman–Crippen LogP) is 4.70. The number of Topliss-reactive ketones (excluding diaryl/α,β-unsaturated/α-hetero) is 1. The van der Waals surface area contributed by atoms with Crippen molar-refractivity contribution in [3.8, 4) is 0 Å². The highest BCUT2D eigenvalue weighted by molar-refractivity contribution is 9.10. The SMILES string of the molecule is O=C(CBr)c1cc(Cl)c(C(F)(F)F)cc1Br. The minimum absolute atomic E-state index is 0.0211. The minimum Gasteiger partial charge on any atom is -0.293 e. The third-order valence-corrected chi connectivity index (χ3v) is 3.26. The lowest BCUT2D eigenvalue weighted by Gasteiger charge is -2.11. The lowest BCUT2D eigenvalue weighted by molar-refractivity contribution is -0.137. The van der Waals surface area contributed by atoms with Crippen LogP contribution >= 0.6 is 43.5 Å². The quantitative estimate of drug-likeness (QED) is 0.537. The first-order valence-electron chi connectivity index (χ1n) is 3.92. The summed E-state index contributed by atoms with van der Waals surface area (Å²) in [6, 6.07) is 1.82. The summed E-state index contributed by atoms with van der Waals surface area (Å²) >= 11 is 11.3. The van der Waals surface area contributed by atoms with E-state index in [-0.39, 0.29) is 21.1 Å². The van der Waals surface area contributed by atoms with Crippen molar-refractivity contribution in [1.29, 1.82) is 0 Å². The monoisotopic (exact) mass is 378 g/mol. The molecule has 1 aromatic rings. The van der Waals surface area contributed by atoms with Gasteiger partial charge in [0, 0.05) is 10.0 Å². The molecule has 1 nitrogen and oxygen atoms in total. The zero-order valence-electron chi connectivity index (χ0n) is 7.54. The van der Waals surface area contributed by atoms with Gasteiger partial charge in [-0.05, 0) is 12.1 Å². The summed E-state index contributed by atoms with van der Waals surface area (Å²) < 4.78 is 37.4. The number of halogens is 6.